The van der Waals surface area contributed by atoms with Gasteiger partial charge in [-0.05, 0) is 42.7 Å². The zero-order valence-electron chi connectivity index (χ0n) is 15.2. The Labute approximate surface area is 171 Å². The minimum atomic E-state index is -0.679. The highest BCUT2D eigenvalue weighted by Crippen LogP contribution is 2.29. The van der Waals surface area contributed by atoms with Crippen LogP contribution in [0.4, 0.5) is 0 Å². The number of carbonyl (C=O) groups is 1. The average Bonchev–Trinajstić information content (AvgIpc) is 3.24. The van der Waals surface area contributed by atoms with E-state index in [4.69, 9.17) is 10.3 Å². The van der Waals surface area contributed by atoms with Gasteiger partial charge in [0.2, 0.25) is 17.6 Å². The van der Waals surface area contributed by atoms with Crippen molar-refractivity contribution in [1.82, 2.24) is 20.0 Å². The van der Waals surface area contributed by atoms with Gasteiger partial charge in [0.05, 0.1) is 5.92 Å². The highest BCUT2D eigenvalue weighted by molar-refractivity contribution is 9.10. The first-order valence-corrected chi connectivity index (χ1v) is 9.95. The molecule has 144 valence electrons. The van der Waals surface area contributed by atoms with Gasteiger partial charge in [-0.15, -0.1) is 0 Å². The topological polar surface area (TPSA) is 98.1 Å². The number of carbonyl (C=O) groups excluding carboxylic acids is 1. The van der Waals surface area contributed by atoms with E-state index in [-0.39, 0.29) is 11.8 Å². The smallest absolute Gasteiger partial charge is 0.244 e. The Hall–Kier alpha value is -2.58. The number of likely N-dealkylation sites (tertiary alicyclic amines) is 1. The van der Waals surface area contributed by atoms with Gasteiger partial charge < -0.3 is 15.2 Å². The molecule has 0 saturated carbocycles. The molecular formula is C20H20BrN5O2. The fraction of sp³-hybridized carbons (Fsp3) is 0.300. The number of nitrogens with two attached hydrogens (primary N) is 1. The van der Waals surface area contributed by atoms with Crippen molar-refractivity contribution < 1.29 is 9.32 Å². The summed E-state index contributed by atoms with van der Waals surface area (Å²) >= 11 is 3.40. The maximum atomic E-state index is 12.9. The Balaban J connectivity index is 1.46. The zero-order chi connectivity index (χ0) is 19.5. The number of hydrogen-bond acceptors (Lipinski definition) is 6. The number of amides is 1. The first-order chi connectivity index (χ1) is 13.6. The number of aromatic nitrogens is 3. The molecule has 0 radical (unpaired) electrons. The summed E-state index contributed by atoms with van der Waals surface area (Å²) in [7, 11) is 0. The normalized spacial score (nSPS) is 18.1. The maximum Gasteiger partial charge on any atom is 0.244 e. The summed E-state index contributed by atoms with van der Waals surface area (Å²) in [5.41, 5.74) is 7.87. The lowest BCUT2D eigenvalue weighted by molar-refractivity contribution is -0.134. The third-order valence-electron chi connectivity index (χ3n) is 4.96. The van der Waals surface area contributed by atoms with Crippen molar-refractivity contribution in [1.29, 1.82) is 0 Å². The monoisotopic (exact) mass is 441 g/mol. The molecule has 2 N–H and O–H groups in total. The highest BCUT2D eigenvalue weighted by Gasteiger charge is 2.31. The third kappa shape index (κ3) is 3.98. The predicted molar refractivity (Wildman–Crippen MR) is 107 cm³/mol. The van der Waals surface area contributed by atoms with Crippen LogP contribution in [0.25, 0.3) is 11.4 Å². The Morgan fingerprint density at radius 3 is 2.71 bits per heavy atom. The third-order valence-corrected chi connectivity index (χ3v) is 5.49. The molecular weight excluding hydrogens is 422 g/mol. The predicted octanol–water partition coefficient (Wildman–Crippen LogP) is 3.30. The van der Waals surface area contributed by atoms with Gasteiger partial charge in [-0.2, -0.15) is 4.98 Å². The molecule has 1 aliphatic rings. The van der Waals surface area contributed by atoms with E-state index in [2.05, 4.69) is 31.1 Å². The number of benzene rings is 1. The van der Waals surface area contributed by atoms with Crippen LogP contribution in [0.3, 0.4) is 0 Å². The second-order valence-corrected chi connectivity index (χ2v) is 7.76. The van der Waals surface area contributed by atoms with Gasteiger partial charge in [-0.25, -0.2) is 0 Å². The van der Waals surface area contributed by atoms with Crippen LogP contribution < -0.4 is 5.73 Å². The minimum absolute atomic E-state index is 0.0119. The number of nitrogens with zero attached hydrogens (tertiary/aromatic N) is 4. The summed E-state index contributed by atoms with van der Waals surface area (Å²) in [4.78, 5) is 23.2. The van der Waals surface area contributed by atoms with E-state index in [9.17, 15) is 4.79 Å². The molecule has 1 saturated heterocycles. The fourth-order valence-electron chi connectivity index (χ4n) is 3.41. The van der Waals surface area contributed by atoms with Crippen LogP contribution in [0.2, 0.25) is 0 Å². The van der Waals surface area contributed by atoms with Crippen LogP contribution in [-0.2, 0) is 4.79 Å². The molecule has 2 unspecified atom stereocenters. The molecule has 1 aliphatic heterocycles. The SMILES string of the molecule is NC(C(=O)N1CCCC(c2nc(-c3ccncc3)no2)C1)c1ccc(Br)cc1. The number of hydrogen-bond donors (Lipinski definition) is 1. The maximum absolute atomic E-state index is 12.9. The Morgan fingerprint density at radius 1 is 1.21 bits per heavy atom. The first kappa shape index (κ1) is 18.8. The van der Waals surface area contributed by atoms with Crippen LogP contribution in [-0.4, -0.2) is 39.0 Å². The molecule has 2 aromatic heterocycles. The van der Waals surface area contributed by atoms with E-state index in [1.807, 2.05) is 36.4 Å². The highest BCUT2D eigenvalue weighted by atomic mass is 79.9. The van der Waals surface area contributed by atoms with Crippen LogP contribution in [0.15, 0.2) is 57.8 Å². The van der Waals surface area contributed by atoms with E-state index in [0.717, 1.165) is 28.4 Å². The van der Waals surface area contributed by atoms with Gasteiger partial charge in [-0.1, -0.05) is 33.2 Å². The molecule has 1 aromatic carbocycles. The molecule has 8 heteroatoms. The summed E-state index contributed by atoms with van der Waals surface area (Å²) in [6, 6.07) is 10.5. The second-order valence-electron chi connectivity index (χ2n) is 6.84. The number of rotatable bonds is 4. The van der Waals surface area contributed by atoms with E-state index < -0.39 is 6.04 Å². The standard InChI is InChI=1S/C20H20BrN5O2/c21-16-5-3-13(4-6-16)17(22)20(27)26-11-1-2-15(12-26)19-24-18(25-28-19)14-7-9-23-10-8-14/h3-10,15,17H,1-2,11-12,22H2. The van der Waals surface area contributed by atoms with Crippen molar-refractivity contribution in [3.63, 3.8) is 0 Å². The van der Waals surface area contributed by atoms with Crippen LogP contribution in [0, 0.1) is 0 Å². The number of piperidine rings is 1. The van der Waals surface area contributed by atoms with Gasteiger partial charge in [0.15, 0.2) is 0 Å². The van der Waals surface area contributed by atoms with Gasteiger partial charge in [-0.3, -0.25) is 9.78 Å². The quantitative estimate of drug-likeness (QED) is 0.666. The van der Waals surface area contributed by atoms with Crippen molar-refractivity contribution in [2.24, 2.45) is 5.73 Å². The molecule has 0 bridgehead atoms. The van der Waals surface area contributed by atoms with Gasteiger partial charge in [0.25, 0.3) is 0 Å². The Kier molecular flexibility index (Phi) is 5.50. The van der Waals surface area contributed by atoms with E-state index in [0.29, 0.717) is 24.8 Å². The van der Waals surface area contributed by atoms with E-state index in [1.54, 1.807) is 17.3 Å². The summed E-state index contributed by atoms with van der Waals surface area (Å²) < 4.78 is 6.44. The first-order valence-electron chi connectivity index (χ1n) is 9.15. The summed E-state index contributed by atoms with van der Waals surface area (Å²) in [6.45, 7) is 1.21. The van der Waals surface area contributed by atoms with Gasteiger partial charge in [0.1, 0.15) is 6.04 Å². The van der Waals surface area contributed by atoms with Crippen molar-refractivity contribution in [3.8, 4) is 11.4 Å². The molecule has 28 heavy (non-hydrogen) atoms. The molecule has 0 spiro atoms. The molecule has 1 amide bonds. The molecule has 0 aliphatic carbocycles. The summed E-state index contributed by atoms with van der Waals surface area (Å²) in [5.74, 6) is 1.02. The van der Waals surface area contributed by atoms with Crippen molar-refractivity contribution in [3.05, 3.63) is 64.7 Å². The van der Waals surface area contributed by atoms with Crippen molar-refractivity contribution >= 4 is 21.8 Å². The fourth-order valence-corrected chi connectivity index (χ4v) is 3.67. The van der Waals surface area contributed by atoms with Crippen LogP contribution >= 0.6 is 15.9 Å². The molecule has 3 heterocycles. The molecule has 7 nitrogen and oxygen atoms in total. The van der Waals surface area contributed by atoms with Crippen LogP contribution in [0.1, 0.15) is 36.3 Å². The molecule has 4 rings (SSSR count). The summed E-state index contributed by atoms with van der Waals surface area (Å²) in [6.07, 6.45) is 5.15. The average molecular weight is 442 g/mol. The van der Waals surface area contributed by atoms with Gasteiger partial charge in [0, 0.05) is 35.5 Å². The second kappa shape index (κ2) is 8.20. The lowest BCUT2D eigenvalue weighted by atomic mass is 9.96. The largest absolute Gasteiger partial charge is 0.340 e. The van der Waals surface area contributed by atoms with E-state index in [1.165, 1.54) is 0 Å². The lowest BCUT2D eigenvalue weighted by Crippen LogP contribution is -2.43. The Bertz CT molecular complexity index is 945. The van der Waals surface area contributed by atoms with E-state index >= 15 is 0 Å². The minimum Gasteiger partial charge on any atom is -0.340 e. The van der Waals surface area contributed by atoms with Gasteiger partial charge >= 0.3 is 0 Å². The van der Waals surface area contributed by atoms with Crippen molar-refractivity contribution in [2.75, 3.05) is 13.1 Å². The van der Waals surface area contributed by atoms with Crippen LogP contribution in [0.5, 0.6) is 0 Å². The van der Waals surface area contributed by atoms with Crippen molar-refractivity contribution in [2.45, 2.75) is 24.8 Å². The molecule has 3 aromatic rings. The molecule has 2 atom stereocenters. The number of halogens is 1. The Morgan fingerprint density at radius 2 is 1.96 bits per heavy atom. The molecule has 1 fully saturated rings. The summed E-state index contributed by atoms with van der Waals surface area (Å²) in [5, 5.41) is 4.08. The number of pyridine rings is 1. The zero-order valence-corrected chi connectivity index (χ0v) is 16.7. The lowest BCUT2D eigenvalue weighted by Gasteiger charge is -2.32.